The number of anilines is 1. The Morgan fingerprint density at radius 2 is 1.63 bits per heavy atom. The summed E-state index contributed by atoms with van der Waals surface area (Å²) in [5.74, 6) is -0.902. The molecule has 0 spiro atoms. The summed E-state index contributed by atoms with van der Waals surface area (Å²) in [7, 11) is 0. The zero-order chi connectivity index (χ0) is 19.2. The molecule has 0 saturated heterocycles. The Morgan fingerprint density at radius 3 is 2.33 bits per heavy atom. The number of esters is 1. The summed E-state index contributed by atoms with van der Waals surface area (Å²) >= 11 is 0. The van der Waals surface area contributed by atoms with E-state index in [1.807, 2.05) is 6.07 Å². The number of carbonyl (C=O) groups is 3. The van der Waals surface area contributed by atoms with Gasteiger partial charge in [0.2, 0.25) is 5.76 Å². The first-order chi connectivity index (χ1) is 13.0. The summed E-state index contributed by atoms with van der Waals surface area (Å²) in [5.41, 5.74) is 1.21. The van der Waals surface area contributed by atoms with Crippen LogP contribution in [0.5, 0.6) is 0 Å². The van der Waals surface area contributed by atoms with Gasteiger partial charge in [-0.2, -0.15) is 0 Å². The van der Waals surface area contributed by atoms with Gasteiger partial charge in [0.05, 0.1) is 5.69 Å². The van der Waals surface area contributed by atoms with Gasteiger partial charge in [-0.3, -0.25) is 9.59 Å². The molecule has 1 aromatic heterocycles. The lowest BCUT2D eigenvalue weighted by Gasteiger charge is -2.10. The molecule has 2 aromatic carbocycles. The highest BCUT2D eigenvalue weighted by atomic mass is 16.5. The van der Waals surface area contributed by atoms with Crippen LogP contribution in [0.25, 0.3) is 0 Å². The molecule has 0 fully saturated rings. The van der Waals surface area contributed by atoms with Crippen molar-refractivity contribution in [1.82, 2.24) is 0 Å². The molecule has 3 aromatic rings. The summed E-state index contributed by atoms with van der Waals surface area (Å²) in [6.45, 7) is 1.20. The number of rotatable bonds is 6. The molecule has 3 rings (SSSR count). The van der Waals surface area contributed by atoms with E-state index in [0.29, 0.717) is 22.6 Å². The van der Waals surface area contributed by atoms with E-state index in [2.05, 4.69) is 5.32 Å². The van der Waals surface area contributed by atoms with Gasteiger partial charge in [-0.05, 0) is 31.2 Å². The molecule has 27 heavy (non-hydrogen) atoms. The van der Waals surface area contributed by atoms with Crippen molar-refractivity contribution in [2.75, 3.05) is 11.9 Å². The highest BCUT2D eigenvalue weighted by Crippen LogP contribution is 2.19. The minimum Gasteiger partial charge on any atom is -0.454 e. The van der Waals surface area contributed by atoms with E-state index >= 15 is 0 Å². The maximum Gasteiger partial charge on any atom is 0.374 e. The summed E-state index contributed by atoms with van der Waals surface area (Å²) < 4.78 is 10.1. The minimum absolute atomic E-state index is 0.0277. The van der Waals surface area contributed by atoms with E-state index in [0.717, 1.165) is 0 Å². The van der Waals surface area contributed by atoms with Gasteiger partial charge in [-0.1, -0.05) is 42.5 Å². The van der Waals surface area contributed by atoms with Crippen molar-refractivity contribution in [3.63, 3.8) is 0 Å². The number of ketones is 1. The number of amides is 1. The number of carbonyl (C=O) groups excluding carboxylic acids is 3. The van der Waals surface area contributed by atoms with Crippen LogP contribution in [0.3, 0.4) is 0 Å². The van der Waals surface area contributed by atoms with Crippen molar-refractivity contribution in [3.05, 3.63) is 89.4 Å². The SMILES string of the molecule is Cc1ccc(C(=O)OCC(=O)Nc2ccccc2C(=O)c2ccccc2)o1. The number of benzene rings is 2. The van der Waals surface area contributed by atoms with Gasteiger partial charge in [0.15, 0.2) is 12.4 Å². The zero-order valence-corrected chi connectivity index (χ0v) is 14.6. The van der Waals surface area contributed by atoms with Gasteiger partial charge in [0.25, 0.3) is 5.91 Å². The van der Waals surface area contributed by atoms with Crippen LogP contribution in [-0.2, 0) is 9.53 Å². The van der Waals surface area contributed by atoms with Gasteiger partial charge in [-0.25, -0.2) is 4.79 Å². The second-order valence-corrected chi connectivity index (χ2v) is 5.78. The second kappa shape index (κ2) is 8.14. The third-order valence-corrected chi connectivity index (χ3v) is 3.76. The van der Waals surface area contributed by atoms with Crippen molar-refractivity contribution in [2.24, 2.45) is 0 Å². The van der Waals surface area contributed by atoms with E-state index in [1.165, 1.54) is 6.07 Å². The molecular weight excluding hydrogens is 346 g/mol. The fourth-order valence-corrected chi connectivity index (χ4v) is 2.47. The van der Waals surface area contributed by atoms with E-state index in [-0.39, 0.29) is 11.5 Å². The Balaban J connectivity index is 1.66. The summed E-state index contributed by atoms with van der Waals surface area (Å²) in [6, 6.07) is 18.5. The fourth-order valence-electron chi connectivity index (χ4n) is 2.47. The molecule has 0 atom stereocenters. The first kappa shape index (κ1) is 18.1. The average Bonchev–Trinajstić information content (AvgIpc) is 3.13. The van der Waals surface area contributed by atoms with Gasteiger partial charge < -0.3 is 14.5 Å². The van der Waals surface area contributed by atoms with Gasteiger partial charge in [0.1, 0.15) is 5.76 Å². The lowest BCUT2D eigenvalue weighted by Crippen LogP contribution is -2.22. The standard InChI is InChI=1S/C21H17NO5/c1-14-11-12-18(27-14)21(25)26-13-19(23)22-17-10-6-5-9-16(17)20(24)15-7-3-2-4-8-15/h2-12H,13H2,1H3,(H,22,23). The first-order valence-electron chi connectivity index (χ1n) is 8.27. The molecule has 0 aliphatic carbocycles. The topological polar surface area (TPSA) is 85.6 Å². The van der Waals surface area contributed by atoms with E-state index in [4.69, 9.17) is 9.15 Å². The van der Waals surface area contributed by atoms with Crippen molar-refractivity contribution in [3.8, 4) is 0 Å². The molecule has 6 nitrogen and oxygen atoms in total. The molecule has 6 heteroatoms. The third kappa shape index (κ3) is 4.49. The van der Waals surface area contributed by atoms with Crippen LogP contribution in [0.4, 0.5) is 5.69 Å². The Bertz CT molecular complexity index is 975. The Kier molecular flexibility index (Phi) is 5.47. The molecule has 1 N–H and O–H groups in total. The number of hydrogen-bond donors (Lipinski definition) is 1. The Labute approximate surface area is 155 Å². The van der Waals surface area contributed by atoms with Crippen molar-refractivity contribution >= 4 is 23.3 Å². The van der Waals surface area contributed by atoms with Gasteiger partial charge in [0, 0.05) is 11.1 Å². The average molecular weight is 363 g/mol. The predicted octanol–water partition coefficient (Wildman–Crippen LogP) is 3.61. The molecule has 136 valence electrons. The lowest BCUT2D eigenvalue weighted by atomic mass is 10.0. The number of furan rings is 1. The number of para-hydroxylation sites is 1. The third-order valence-electron chi connectivity index (χ3n) is 3.76. The van der Waals surface area contributed by atoms with Crippen LogP contribution in [0.2, 0.25) is 0 Å². The van der Waals surface area contributed by atoms with Crippen molar-refractivity contribution in [1.29, 1.82) is 0 Å². The summed E-state index contributed by atoms with van der Waals surface area (Å²) in [5, 5.41) is 2.61. The smallest absolute Gasteiger partial charge is 0.374 e. The van der Waals surface area contributed by atoms with Crippen LogP contribution < -0.4 is 5.32 Å². The monoisotopic (exact) mass is 363 g/mol. The molecule has 0 unspecified atom stereocenters. The van der Waals surface area contributed by atoms with Gasteiger partial charge >= 0.3 is 5.97 Å². The van der Waals surface area contributed by atoms with E-state index in [1.54, 1.807) is 61.5 Å². The second-order valence-electron chi connectivity index (χ2n) is 5.78. The number of hydrogen-bond acceptors (Lipinski definition) is 5. The molecule has 1 amide bonds. The van der Waals surface area contributed by atoms with Crippen molar-refractivity contribution < 1.29 is 23.5 Å². The molecule has 0 bridgehead atoms. The maximum atomic E-state index is 12.7. The summed E-state index contributed by atoms with van der Waals surface area (Å²) in [4.78, 5) is 36.6. The normalized spacial score (nSPS) is 10.3. The predicted molar refractivity (Wildman–Crippen MR) is 98.7 cm³/mol. The largest absolute Gasteiger partial charge is 0.454 e. The van der Waals surface area contributed by atoms with Crippen LogP contribution in [0.15, 0.2) is 71.1 Å². The molecule has 0 aliphatic rings. The quantitative estimate of drug-likeness (QED) is 0.534. The fraction of sp³-hybridized carbons (Fsp3) is 0.0952. The van der Waals surface area contributed by atoms with Crippen LogP contribution in [0.1, 0.15) is 32.2 Å². The Hall–Kier alpha value is -3.67. The molecule has 1 heterocycles. The lowest BCUT2D eigenvalue weighted by molar-refractivity contribution is -0.119. The molecule has 0 radical (unpaired) electrons. The van der Waals surface area contributed by atoms with Gasteiger partial charge in [-0.15, -0.1) is 0 Å². The van der Waals surface area contributed by atoms with Crippen LogP contribution in [-0.4, -0.2) is 24.3 Å². The first-order valence-corrected chi connectivity index (χ1v) is 8.27. The number of nitrogens with one attached hydrogen (secondary N) is 1. The van der Waals surface area contributed by atoms with Crippen LogP contribution >= 0.6 is 0 Å². The highest BCUT2D eigenvalue weighted by molar-refractivity contribution is 6.13. The maximum absolute atomic E-state index is 12.7. The van der Waals surface area contributed by atoms with E-state index in [9.17, 15) is 14.4 Å². The van der Waals surface area contributed by atoms with Crippen molar-refractivity contribution in [2.45, 2.75) is 6.92 Å². The molecular formula is C21H17NO5. The molecule has 0 saturated carbocycles. The van der Waals surface area contributed by atoms with Crippen LogP contribution in [0, 0.1) is 6.92 Å². The molecule has 0 aliphatic heterocycles. The minimum atomic E-state index is -0.730. The summed E-state index contributed by atoms with van der Waals surface area (Å²) in [6.07, 6.45) is 0. The van der Waals surface area contributed by atoms with E-state index < -0.39 is 18.5 Å². The highest BCUT2D eigenvalue weighted by Gasteiger charge is 2.17. The Morgan fingerprint density at radius 1 is 0.926 bits per heavy atom. The zero-order valence-electron chi connectivity index (χ0n) is 14.6. The number of ether oxygens (including phenoxy) is 1. The number of aryl methyl sites for hydroxylation is 1.